The lowest BCUT2D eigenvalue weighted by atomic mass is 10.2. The molecular weight excluding hydrogens is 343 g/mol. The van der Waals surface area contributed by atoms with E-state index in [1.807, 2.05) is 12.1 Å². The Hall–Kier alpha value is -3.49. The molecule has 0 bridgehead atoms. The SMILES string of the molecule is Cn1c(=O)n(CCC(=O)Nc2ccc(F)c([N+](=O)[O-])c2)c2ccccc21. The summed E-state index contributed by atoms with van der Waals surface area (Å²) in [5.74, 6) is -1.42. The predicted octanol–water partition coefficient (Wildman–Crippen LogP) is 2.42. The number of hydrogen-bond acceptors (Lipinski definition) is 4. The number of rotatable bonds is 5. The number of nitro groups is 1. The molecule has 0 aliphatic carbocycles. The fourth-order valence-corrected chi connectivity index (χ4v) is 2.75. The van der Waals surface area contributed by atoms with Gasteiger partial charge in [0.25, 0.3) is 0 Å². The van der Waals surface area contributed by atoms with Crippen LogP contribution in [0.2, 0.25) is 0 Å². The van der Waals surface area contributed by atoms with Crippen LogP contribution in [0.5, 0.6) is 0 Å². The first kappa shape index (κ1) is 17.3. The summed E-state index contributed by atoms with van der Waals surface area (Å²) >= 11 is 0. The van der Waals surface area contributed by atoms with Gasteiger partial charge in [0.15, 0.2) is 0 Å². The number of benzene rings is 2. The highest BCUT2D eigenvalue weighted by Gasteiger charge is 2.16. The molecule has 1 heterocycles. The molecule has 1 N–H and O–H groups in total. The van der Waals surface area contributed by atoms with Gasteiger partial charge >= 0.3 is 11.4 Å². The minimum absolute atomic E-state index is 0.0148. The molecule has 134 valence electrons. The number of aryl methyl sites for hydroxylation is 2. The van der Waals surface area contributed by atoms with E-state index in [9.17, 15) is 24.1 Å². The number of nitrogens with zero attached hydrogens (tertiary/aromatic N) is 3. The van der Waals surface area contributed by atoms with Crippen molar-refractivity contribution in [1.29, 1.82) is 0 Å². The summed E-state index contributed by atoms with van der Waals surface area (Å²) in [5, 5.41) is 13.2. The monoisotopic (exact) mass is 358 g/mol. The van der Waals surface area contributed by atoms with Crippen LogP contribution in [0.25, 0.3) is 11.0 Å². The highest BCUT2D eigenvalue weighted by Crippen LogP contribution is 2.21. The van der Waals surface area contributed by atoms with E-state index in [2.05, 4.69) is 5.32 Å². The summed E-state index contributed by atoms with van der Waals surface area (Å²) in [6.45, 7) is 0.148. The third-order valence-corrected chi connectivity index (χ3v) is 4.04. The van der Waals surface area contributed by atoms with E-state index in [1.54, 1.807) is 19.2 Å². The maximum absolute atomic E-state index is 13.3. The smallest absolute Gasteiger partial charge is 0.326 e. The van der Waals surface area contributed by atoms with Crippen molar-refractivity contribution in [1.82, 2.24) is 9.13 Å². The van der Waals surface area contributed by atoms with Crippen LogP contribution in [-0.4, -0.2) is 20.0 Å². The number of halogens is 1. The maximum atomic E-state index is 13.3. The Bertz CT molecular complexity index is 1070. The number of imidazole rings is 1. The van der Waals surface area contributed by atoms with Crippen LogP contribution in [0.4, 0.5) is 15.8 Å². The Morgan fingerprint density at radius 1 is 1.23 bits per heavy atom. The average molecular weight is 358 g/mol. The fraction of sp³-hybridized carbons (Fsp3) is 0.176. The van der Waals surface area contributed by atoms with Crippen molar-refractivity contribution in [2.24, 2.45) is 7.05 Å². The first-order chi connectivity index (χ1) is 12.4. The van der Waals surface area contributed by atoms with E-state index in [4.69, 9.17) is 0 Å². The largest absolute Gasteiger partial charge is 0.328 e. The van der Waals surface area contributed by atoms with Crippen molar-refractivity contribution in [3.63, 3.8) is 0 Å². The number of amides is 1. The van der Waals surface area contributed by atoms with Crippen LogP contribution in [0, 0.1) is 15.9 Å². The van der Waals surface area contributed by atoms with E-state index in [0.29, 0.717) is 5.52 Å². The Morgan fingerprint density at radius 2 is 1.92 bits per heavy atom. The van der Waals surface area contributed by atoms with Gasteiger partial charge in [-0.3, -0.25) is 24.0 Å². The summed E-state index contributed by atoms with van der Waals surface area (Å²) in [5.41, 5.74) is 0.634. The standard InChI is InChI=1S/C17H15FN4O4/c1-20-13-4-2-3-5-14(13)21(17(20)24)9-8-16(23)19-11-6-7-12(18)15(10-11)22(25)26/h2-7,10H,8-9H2,1H3,(H,19,23). The summed E-state index contributed by atoms with van der Waals surface area (Å²) in [4.78, 5) is 34.3. The summed E-state index contributed by atoms with van der Waals surface area (Å²) < 4.78 is 16.3. The lowest BCUT2D eigenvalue weighted by Crippen LogP contribution is -2.24. The molecule has 0 saturated heterocycles. The molecule has 0 unspecified atom stereocenters. The second-order valence-corrected chi connectivity index (χ2v) is 5.70. The Labute approximate surface area is 146 Å². The van der Waals surface area contributed by atoms with Crippen molar-refractivity contribution >= 4 is 28.3 Å². The Kier molecular flexibility index (Phi) is 4.53. The minimum atomic E-state index is -0.977. The molecule has 3 rings (SSSR count). The fourth-order valence-electron chi connectivity index (χ4n) is 2.75. The van der Waals surface area contributed by atoms with Gasteiger partial charge in [0, 0.05) is 31.8 Å². The number of carbonyl (C=O) groups is 1. The Morgan fingerprint density at radius 3 is 2.62 bits per heavy atom. The number of carbonyl (C=O) groups excluding carboxylic acids is 1. The molecule has 0 atom stereocenters. The van der Waals surface area contributed by atoms with Crippen molar-refractivity contribution in [3.05, 3.63) is 68.9 Å². The number of fused-ring (bicyclic) bond motifs is 1. The van der Waals surface area contributed by atoms with Crippen molar-refractivity contribution in [2.45, 2.75) is 13.0 Å². The van der Waals surface area contributed by atoms with Crippen LogP contribution in [0.3, 0.4) is 0 Å². The Balaban J connectivity index is 1.75. The molecule has 8 nitrogen and oxygen atoms in total. The van der Waals surface area contributed by atoms with Gasteiger partial charge in [-0.2, -0.15) is 4.39 Å². The molecule has 3 aromatic rings. The van der Waals surface area contributed by atoms with E-state index in [-0.39, 0.29) is 24.3 Å². The normalized spacial score (nSPS) is 10.8. The first-order valence-electron chi connectivity index (χ1n) is 7.76. The molecule has 26 heavy (non-hydrogen) atoms. The highest BCUT2D eigenvalue weighted by atomic mass is 19.1. The summed E-state index contributed by atoms with van der Waals surface area (Å²) in [6.07, 6.45) is -0.0148. The second-order valence-electron chi connectivity index (χ2n) is 5.70. The molecule has 0 fully saturated rings. The number of aromatic nitrogens is 2. The second kappa shape index (κ2) is 6.79. The zero-order valence-corrected chi connectivity index (χ0v) is 13.8. The topological polar surface area (TPSA) is 99.2 Å². The van der Waals surface area contributed by atoms with E-state index in [0.717, 1.165) is 17.6 Å². The quantitative estimate of drug-likeness (QED) is 0.559. The van der Waals surface area contributed by atoms with Gasteiger partial charge in [0.1, 0.15) is 0 Å². The lowest BCUT2D eigenvalue weighted by molar-refractivity contribution is -0.387. The predicted molar refractivity (Wildman–Crippen MR) is 93.5 cm³/mol. The molecule has 0 aliphatic heterocycles. The highest BCUT2D eigenvalue weighted by molar-refractivity contribution is 5.91. The molecule has 0 aliphatic rings. The summed E-state index contributed by atoms with van der Waals surface area (Å²) in [6, 6.07) is 10.3. The van der Waals surface area contributed by atoms with Crippen LogP contribution in [0.15, 0.2) is 47.3 Å². The molecule has 9 heteroatoms. The first-order valence-corrected chi connectivity index (χ1v) is 7.76. The average Bonchev–Trinajstić information content (AvgIpc) is 2.86. The zero-order valence-electron chi connectivity index (χ0n) is 13.8. The number of nitrogens with one attached hydrogen (secondary N) is 1. The number of anilines is 1. The zero-order chi connectivity index (χ0) is 18.8. The number of para-hydroxylation sites is 2. The van der Waals surface area contributed by atoms with Gasteiger partial charge in [-0.15, -0.1) is 0 Å². The van der Waals surface area contributed by atoms with E-state index in [1.165, 1.54) is 15.2 Å². The van der Waals surface area contributed by atoms with Crippen molar-refractivity contribution in [2.75, 3.05) is 5.32 Å². The number of hydrogen-bond donors (Lipinski definition) is 1. The third kappa shape index (κ3) is 3.18. The molecule has 0 spiro atoms. The van der Waals surface area contributed by atoms with Crippen LogP contribution >= 0.6 is 0 Å². The van der Waals surface area contributed by atoms with E-state index >= 15 is 0 Å². The van der Waals surface area contributed by atoms with Gasteiger partial charge in [0.2, 0.25) is 11.7 Å². The number of nitro benzene ring substituents is 1. The van der Waals surface area contributed by atoms with Gasteiger partial charge in [-0.1, -0.05) is 12.1 Å². The third-order valence-electron chi connectivity index (χ3n) is 4.04. The van der Waals surface area contributed by atoms with Gasteiger partial charge in [-0.25, -0.2) is 4.79 Å². The molecular formula is C17H15FN4O4. The molecule has 1 amide bonds. The van der Waals surface area contributed by atoms with Crippen LogP contribution < -0.4 is 11.0 Å². The van der Waals surface area contributed by atoms with Crippen molar-refractivity contribution < 1.29 is 14.1 Å². The molecule has 0 radical (unpaired) electrons. The molecule has 2 aromatic carbocycles. The van der Waals surface area contributed by atoms with Gasteiger partial charge < -0.3 is 5.32 Å². The maximum Gasteiger partial charge on any atom is 0.328 e. The van der Waals surface area contributed by atoms with Crippen LogP contribution in [-0.2, 0) is 18.4 Å². The van der Waals surface area contributed by atoms with Gasteiger partial charge in [-0.05, 0) is 24.3 Å². The molecule has 1 aromatic heterocycles. The van der Waals surface area contributed by atoms with E-state index < -0.39 is 22.3 Å². The lowest BCUT2D eigenvalue weighted by Gasteiger charge is -2.06. The van der Waals surface area contributed by atoms with Crippen LogP contribution in [0.1, 0.15) is 6.42 Å². The van der Waals surface area contributed by atoms with Crippen molar-refractivity contribution in [3.8, 4) is 0 Å². The summed E-state index contributed by atoms with van der Waals surface area (Å²) in [7, 11) is 1.65. The molecule has 0 saturated carbocycles. The minimum Gasteiger partial charge on any atom is -0.326 e. The van der Waals surface area contributed by atoms with Gasteiger partial charge in [0.05, 0.1) is 16.0 Å².